The third kappa shape index (κ3) is 5.70. The van der Waals surface area contributed by atoms with Crippen LogP contribution in [0, 0.1) is 0 Å². The molecule has 0 atom stereocenters. The standard InChI is InChI=1S/C26H20ClN3O5S/c1-34-20-10-8-18(9-11-20)28-23(31)15-35-22-12-7-17(27)13-16(22)14-21-24(32)29-26(36)30(25(21)33)19-5-3-2-4-6-19/h2-14H,15H2,1H3,(H,28,31)(H,29,32,36)/b21-14-. The summed E-state index contributed by atoms with van der Waals surface area (Å²) >= 11 is 11.4. The van der Waals surface area contributed by atoms with Gasteiger partial charge in [-0.25, -0.2) is 0 Å². The number of methoxy groups -OCH3 is 1. The van der Waals surface area contributed by atoms with Crippen molar-refractivity contribution in [2.45, 2.75) is 0 Å². The van der Waals surface area contributed by atoms with Crippen LogP contribution in [0.15, 0.2) is 78.4 Å². The Hall–Kier alpha value is -4.21. The van der Waals surface area contributed by atoms with E-state index in [9.17, 15) is 14.4 Å². The molecule has 3 amide bonds. The normalized spacial score (nSPS) is 14.4. The van der Waals surface area contributed by atoms with Crippen LogP contribution in [-0.4, -0.2) is 36.6 Å². The molecule has 1 saturated heterocycles. The van der Waals surface area contributed by atoms with E-state index in [1.807, 2.05) is 0 Å². The topological polar surface area (TPSA) is 97.0 Å². The van der Waals surface area contributed by atoms with Crippen LogP contribution >= 0.6 is 23.8 Å². The molecule has 0 spiro atoms. The predicted molar refractivity (Wildman–Crippen MR) is 141 cm³/mol. The molecule has 3 aromatic rings. The Morgan fingerprint density at radius 2 is 1.81 bits per heavy atom. The lowest BCUT2D eigenvalue weighted by atomic mass is 10.1. The number of ether oxygens (including phenoxy) is 2. The minimum absolute atomic E-state index is 0.0221. The summed E-state index contributed by atoms with van der Waals surface area (Å²) in [6, 6.07) is 20.2. The van der Waals surface area contributed by atoms with Gasteiger partial charge >= 0.3 is 0 Å². The number of thiocarbonyl (C=S) groups is 1. The molecule has 0 aromatic heterocycles. The molecule has 2 N–H and O–H groups in total. The Kier molecular flexibility index (Phi) is 7.62. The molecule has 3 aromatic carbocycles. The zero-order valence-electron chi connectivity index (χ0n) is 19.0. The van der Waals surface area contributed by atoms with Gasteiger partial charge in [-0.15, -0.1) is 0 Å². The largest absolute Gasteiger partial charge is 0.497 e. The summed E-state index contributed by atoms with van der Waals surface area (Å²) in [5.41, 5.74) is 1.27. The number of rotatable bonds is 7. The van der Waals surface area contributed by atoms with Crippen LogP contribution in [0.3, 0.4) is 0 Å². The van der Waals surface area contributed by atoms with Gasteiger partial charge in [0.15, 0.2) is 11.7 Å². The van der Waals surface area contributed by atoms with Gasteiger partial charge in [-0.05, 0) is 72.9 Å². The molecule has 8 nitrogen and oxygen atoms in total. The number of hydrogen-bond donors (Lipinski definition) is 2. The zero-order chi connectivity index (χ0) is 25.7. The summed E-state index contributed by atoms with van der Waals surface area (Å²) in [5.74, 6) is -0.730. The third-order valence-electron chi connectivity index (χ3n) is 5.12. The highest BCUT2D eigenvalue weighted by atomic mass is 35.5. The molecule has 4 rings (SSSR count). The second-order valence-electron chi connectivity index (χ2n) is 7.54. The number of carbonyl (C=O) groups excluding carboxylic acids is 3. The Labute approximate surface area is 217 Å². The van der Waals surface area contributed by atoms with Crippen LogP contribution in [0.1, 0.15) is 5.56 Å². The molecule has 0 saturated carbocycles. The molecule has 10 heteroatoms. The van der Waals surface area contributed by atoms with Crippen molar-refractivity contribution in [2.24, 2.45) is 0 Å². The maximum atomic E-state index is 13.2. The van der Waals surface area contributed by atoms with Crippen molar-refractivity contribution in [3.63, 3.8) is 0 Å². The average Bonchev–Trinajstić information content (AvgIpc) is 2.87. The molecule has 0 unspecified atom stereocenters. The van der Waals surface area contributed by atoms with Crippen molar-refractivity contribution in [2.75, 3.05) is 23.9 Å². The number of nitrogens with one attached hydrogen (secondary N) is 2. The van der Waals surface area contributed by atoms with E-state index in [0.717, 1.165) is 0 Å². The van der Waals surface area contributed by atoms with E-state index in [1.165, 1.54) is 17.0 Å². The summed E-state index contributed by atoms with van der Waals surface area (Å²) in [7, 11) is 1.55. The lowest BCUT2D eigenvalue weighted by Gasteiger charge is -2.29. The second-order valence-corrected chi connectivity index (χ2v) is 8.36. The maximum absolute atomic E-state index is 13.2. The first kappa shape index (κ1) is 24.9. The van der Waals surface area contributed by atoms with Crippen molar-refractivity contribution in [1.82, 2.24) is 5.32 Å². The van der Waals surface area contributed by atoms with Gasteiger partial charge < -0.3 is 14.8 Å². The van der Waals surface area contributed by atoms with Crippen LogP contribution in [0.5, 0.6) is 11.5 Å². The van der Waals surface area contributed by atoms with Gasteiger partial charge in [0.05, 0.1) is 12.8 Å². The number of benzene rings is 3. The molecule has 0 aliphatic carbocycles. The molecule has 0 bridgehead atoms. The number of halogens is 1. The van der Waals surface area contributed by atoms with Gasteiger partial charge in [-0.2, -0.15) is 0 Å². The Balaban J connectivity index is 1.54. The molecule has 182 valence electrons. The minimum atomic E-state index is -0.652. The van der Waals surface area contributed by atoms with Gasteiger partial charge in [0.2, 0.25) is 0 Å². The van der Waals surface area contributed by atoms with Crippen LogP contribution in [0.2, 0.25) is 5.02 Å². The number of amides is 3. The predicted octanol–water partition coefficient (Wildman–Crippen LogP) is 4.20. The van der Waals surface area contributed by atoms with Crippen molar-refractivity contribution in [3.8, 4) is 11.5 Å². The van der Waals surface area contributed by atoms with E-state index in [-0.39, 0.29) is 23.0 Å². The van der Waals surface area contributed by atoms with Gasteiger partial charge in [-0.3, -0.25) is 24.6 Å². The monoisotopic (exact) mass is 521 g/mol. The SMILES string of the molecule is COc1ccc(NC(=O)COc2ccc(Cl)cc2/C=C2/C(=O)NC(=S)N(c3ccccc3)C2=O)cc1. The smallest absolute Gasteiger partial charge is 0.270 e. The van der Waals surface area contributed by atoms with Crippen LogP contribution < -0.4 is 25.0 Å². The van der Waals surface area contributed by atoms with Crippen LogP contribution in [-0.2, 0) is 14.4 Å². The summed E-state index contributed by atoms with van der Waals surface area (Å²) in [4.78, 5) is 39.5. The summed E-state index contributed by atoms with van der Waals surface area (Å²) in [6.45, 7) is -0.315. The highest BCUT2D eigenvalue weighted by Crippen LogP contribution is 2.28. The number of para-hydroxylation sites is 1. The third-order valence-corrected chi connectivity index (χ3v) is 5.64. The maximum Gasteiger partial charge on any atom is 0.270 e. The van der Waals surface area contributed by atoms with Gasteiger partial charge in [-0.1, -0.05) is 29.8 Å². The fourth-order valence-corrected chi connectivity index (χ4v) is 3.86. The molecule has 1 fully saturated rings. The molecular weight excluding hydrogens is 502 g/mol. The molecular formula is C26H20ClN3O5S. The second kappa shape index (κ2) is 11.0. The molecule has 1 heterocycles. The Bertz CT molecular complexity index is 1360. The van der Waals surface area contributed by atoms with Crippen molar-refractivity contribution in [1.29, 1.82) is 0 Å². The Morgan fingerprint density at radius 3 is 2.50 bits per heavy atom. The summed E-state index contributed by atoms with van der Waals surface area (Å²) in [6.07, 6.45) is 1.36. The van der Waals surface area contributed by atoms with Gasteiger partial charge in [0.25, 0.3) is 17.7 Å². The van der Waals surface area contributed by atoms with Crippen LogP contribution in [0.25, 0.3) is 6.08 Å². The average molecular weight is 522 g/mol. The van der Waals surface area contributed by atoms with E-state index < -0.39 is 17.7 Å². The zero-order valence-corrected chi connectivity index (χ0v) is 20.6. The fourth-order valence-electron chi connectivity index (χ4n) is 3.40. The van der Waals surface area contributed by atoms with Crippen molar-refractivity contribution >= 4 is 64.1 Å². The van der Waals surface area contributed by atoms with E-state index in [0.29, 0.717) is 27.7 Å². The Morgan fingerprint density at radius 1 is 1.08 bits per heavy atom. The van der Waals surface area contributed by atoms with Crippen molar-refractivity contribution in [3.05, 3.63) is 89.0 Å². The lowest BCUT2D eigenvalue weighted by Crippen LogP contribution is -2.54. The van der Waals surface area contributed by atoms with Crippen LogP contribution in [0.4, 0.5) is 11.4 Å². The highest BCUT2D eigenvalue weighted by molar-refractivity contribution is 7.80. The summed E-state index contributed by atoms with van der Waals surface area (Å²) < 4.78 is 10.8. The first-order chi connectivity index (χ1) is 17.4. The fraction of sp³-hybridized carbons (Fsp3) is 0.0769. The van der Waals surface area contributed by atoms with Crippen molar-refractivity contribution < 1.29 is 23.9 Å². The number of anilines is 2. The number of carbonyl (C=O) groups is 3. The molecule has 0 radical (unpaired) electrons. The minimum Gasteiger partial charge on any atom is -0.497 e. The molecule has 1 aliphatic rings. The number of hydrogen-bond acceptors (Lipinski definition) is 6. The lowest BCUT2D eigenvalue weighted by molar-refractivity contribution is -0.122. The summed E-state index contributed by atoms with van der Waals surface area (Å²) in [5, 5.41) is 5.58. The van der Waals surface area contributed by atoms with E-state index >= 15 is 0 Å². The van der Waals surface area contributed by atoms with E-state index in [4.69, 9.17) is 33.3 Å². The highest BCUT2D eigenvalue weighted by Gasteiger charge is 2.34. The van der Waals surface area contributed by atoms with E-state index in [2.05, 4.69) is 10.6 Å². The quantitative estimate of drug-likeness (QED) is 0.275. The first-order valence-electron chi connectivity index (χ1n) is 10.7. The first-order valence-corrected chi connectivity index (χ1v) is 11.5. The molecule has 36 heavy (non-hydrogen) atoms. The van der Waals surface area contributed by atoms with E-state index in [1.54, 1.807) is 73.8 Å². The molecule has 1 aliphatic heterocycles. The van der Waals surface area contributed by atoms with Gasteiger partial charge in [0, 0.05) is 16.3 Å². The number of nitrogens with zero attached hydrogens (tertiary/aromatic N) is 1. The van der Waals surface area contributed by atoms with Gasteiger partial charge in [0.1, 0.15) is 17.1 Å².